The van der Waals surface area contributed by atoms with Crippen molar-refractivity contribution in [3.05, 3.63) is 63.1 Å². The van der Waals surface area contributed by atoms with E-state index in [0.29, 0.717) is 6.42 Å². The van der Waals surface area contributed by atoms with Gasteiger partial charge in [-0.2, -0.15) is 0 Å². The predicted molar refractivity (Wildman–Crippen MR) is 109 cm³/mol. The van der Waals surface area contributed by atoms with E-state index in [1.165, 1.54) is 29.6 Å². The highest BCUT2D eigenvalue weighted by Gasteiger charge is 2.30. The van der Waals surface area contributed by atoms with Crippen LogP contribution < -0.4 is 16.6 Å². The van der Waals surface area contributed by atoms with Gasteiger partial charge in [-0.15, -0.1) is 0 Å². The van der Waals surface area contributed by atoms with Crippen LogP contribution in [-0.4, -0.2) is 38.2 Å². The van der Waals surface area contributed by atoms with E-state index in [-0.39, 0.29) is 30.2 Å². The van der Waals surface area contributed by atoms with Crippen molar-refractivity contribution in [2.75, 3.05) is 13.7 Å². The Morgan fingerprint density at radius 3 is 2.48 bits per heavy atom. The number of nitrogens with one attached hydrogen (secondary N) is 1. The first-order valence-electron chi connectivity index (χ1n) is 9.33. The Hall–Kier alpha value is -3.20. The number of aromatic nitrogens is 4. The molecule has 1 aromatic carbocycles. The Morgan fingerprint density at radius 1 is 1.17 bits per heavy atom. The molecule has 0 saturated heterocycles. The first kappa shape index (κ1) is 20.5. The standard InChI is InChI=1S/C20H25N5O4/c1-5-20(29-4,14-9-7-6-8-10-14)12-21-15(26)11-25-13-22-17-16(25)18(27)24(3)19(28)23(17)2/h6-10,13H,5,11-12H2,1-4H3,(H,21,26). The second-order valence-electron chi connectivity index (χ2n) is 6.95. The first-order valence-corrected chi connectivity index (χ1v) is 9.33. The molecule has 0 aliphatic carbocycles. The van der Waals surface area contributed by atoms with Crippen LogP contribution in [0.15, 0.2) is 46.2 Å². The van der Waals surface area contributed by atoms with Crippen molar-refractivity contribution in [3.8, 4) is 0 Å². The van der Waals surface area contributed by atoms with Crippen LogP contribution in [0.2, 0.25) is 0 Å². The van der Waals surface area contributed by atoms with E-state index in [4.69, 9.17) is 4.74 Å². The van der Waals surface area contributed by atoms with Crippen molar-refractivity contribution in [1.82, 2.24) is 24.0 Å². The molecule has 9 heteroatoms. The van der Waals surface area contributed by atoms with E-state index in [0.717, 1.165) is 10.1 Å². The van der Waals surface area contributed by atoms with Crippen LogP contribution in [0.25, 0.3) is 11.2 Å². The number of carbonyl (C=O) groups excluding carboxylic acids is 1. The molecule has 3 aromatic rings. The Bertz CT molecular complexity index is 1140. The third-order valence-corrected chi connectivity index (χ3v) is 5.36. The second kappa shape index (κ2) is 8.04. The fraction of sp³-hybridized carbons (Fsp3) is 0.400. The van der Waals surface area contributed by atoms with Gasteiger partial charge < -0.3 is 14.6 Å². The van der Waals surface area contributed by atoms with Crippen LogP contribution in [0.5, 0.6) is 0 Å². The number of ether oxygens (including phenoxy) is 1. The molecular formula is C20H25N5O4. The highest BCUT2D eigenvalue weighted by atomic mass is 16.5. The summed E-state index contributed by atoms with van der Waals surface area (Å²) in [7, 11) is 4.56. The summed E-state index contributed by atoms with van der Waals surface area (Å²) in [6, 6.07) is 9.71. The molecule has 1 unspecified atom stereocenters. The van der Waals surface area contributed by atoms with E-state index >= 15 is 0 Å². The number of nitrogens with zero attached hydrogens (tertiary/aromatic N) is 4. The molecule has 0 fully saturated rings. The molecule has 0 radical (unpaired) electrons. The Kier molecular flexibility index (Phi) is 5.69. The Labute approximate surface area is 167 Å². The fourth-order valence-electron chi connectivity index (χ4n) is 3.48. The number of carbonyl (C=O) groups is 1. The van der Waals surface area contributed by atoms with Crippen molar-refractivity contribution >= 4 is 17.1 Å². The maximum absolute atomic E-state index is 12.6. The molecule has 1 amide bonds. The lowest BCUT2D eigenvalue weighted by atomic mass is 9.90. The molecule has 9 nitrogen and oxygen atoms in total. The van der Waals surface area contributed by atoms with E-state index in [2.05, 4.69) is 10.3 Å². The number of imidazole rings is 1. The minimum Gasteiger partial charge on any atom is -0.372 e. The van der Waals surface area contributed by atoms with E-state index < -0.39 is 16.9 Å². The monoisotopic (exact) mass is 399 g/mol. The largest absolute Gasteiger partial charge is 0.372 e. The van der Waals surface area contributed by atoms with Crippen LogP contribution in [0.3, 0.4) is 0 Å². The minimum absolute atomic E-state index is 0.0950. The summed E-state index contributed by atoms with van der Waals surface area (Å²) < 4.78 is 9.51. The third-order valence-electron chi connectivity index (χ3n) is 5.36. The number of amides is 1. The quantitative estimate of drug-likeness (QED) is 0.624. The topological polar surface area (TPSA) is 100 Å². The molecule has 0 bridgehead atoms. The molecule has 2 heterocycles. The van der Waals surface area contributed by atoms with Gasteiger partial charge in [-0.3, -0.25) is 18.7 Å². The summed E-state index contributed by atoms with van der Waals surface area (Å²) in [4.78, 5) is 41.3. The Morgan fingerprint density at radius 2 is 1.86 bits per heavy atom. The lowest BCUT2D eigenvalue weighted by molar-refractivity contribution is -0.123. The van der Waals surface area contributed by atoms with Gasteiger partial charge in [0.25, 0.3) is 5.56 Å². The summed E-state index contributed by atoms with van der Waals surface area (Å²) in [5.41, 5.74) is -0.169. The van der Waals surface area contributed by atoms with E-state index in [9.17, 15) is 14.4 Å². The van der Waals surface area contributed by atoms with Gasteiger partial charge in [0.05, 0.1) is 12.9 Å². The van der Waals surface area contributed by atoms with Crippen molar-refractivity contribution in [3.63, 3.8) is 0 Å². The maximum Gasteiger partial charge on any atom is 0.332 e. The molecular weight excluding hydrogens is 374 g/mol. The summed E-state index contributed by atoms with van der Waals surface area (Å²) in [6.07, 6.45) is 2.07. The molecule has 154 valence electrons. The maximum atomic E-state index is 12.6. The SMILES string of the molecule is CCC(CNC(=O)Cn1cnc2c1c(=O)n(C)c(=O)n2C)(OC)c1ccccc1. The van der Waals surface area contributed by atoms with Crippen molar-refractivity contribution in [1.29, 1.82) is 0 Å². The Balaban J connectivity index is 1.83. The van der Waals surface area contributed by atoms with E-state index in [1.807, 2.05) is 37.3 Å². The summed E-state index contributed by atoms with van der Waals surface area (Å²) >= 11 is 0. The molecule has 0 aliphatic rings. The minimum atomic E-state index is -0.645. The lowest BCUT2D eigenvalue weighted by Crippen LogP contribution is -2.43. The normalized spacial score (nSPS) is 13.4. The molecule has 1 N–H and O–H groups in total. The van der Waals surface area contributed by atoms with Gasteiger partial charge >= 0.3 is 5.69 Å². The van der Waals surface area contributed by atoms with Crippen LogP contribution >= 0.6 is 0 Å². The van der Waals surface area contributed by atoms with Gasteiger partial charge in [-0.05, 0) is 12.0 Å². The number of methoxy groups -OCH3 is 1. The van der Waals surface area contributed by atoms with Crippen LogP contribution in [0.4, 0.5) is 0 Å². The third kappa shape index (κ3) is 3.61. The molecule has 0 spiro atoms. The van der Waals surface area contributed by atoms with Gasteiger partial charge in [0.1, 0.15) is 12.1 Å². The highest BCUT2D eigenvalue weighted by Crippen LogP contribution is 2.28. The number of hydrogen-bond acceptors (Lipinski definition) is 5. The average Bonchev–Trinajstić information content (AvgIpc) is 3.16. The second-order valence-corrected chi connectivity index (χ2v) is 6.95. The molecule has 0 saturated carbocycles. The summed E-state index contributed by atoms with van der Waals surface area (Å²) in [5.74, 6) is -0.286. The number of hydrogen-bond donors (Lipinski definition) is 1. The summed E-state index contributed by atoms with van der Waals surface area (Å²) in [5, 5.41) is 2.90. The molecule has 0 aliphatic heterocycles. The molecule has 1 atom stereocenters. The molecule has 3 rings (SSSR count). The van der Waals surface area contributed by atoms with Crippen LogP contribution in [0.1, 0.15) is 18.9 Å². The molecule has 2 aromatic heterocycles. The number of aryl methyl sites for hydroxylation is 1. The van der Waals surface area contributed by atoms with E-state index in [1.54, 1.807) is 7.11 Å². The first-order chi connectivity index (χ1) is 13.8. The van der Waals surface area contributed by atoms with Gasteiger partial charge in [0.15, 0.2) is 11.2 Å². The summed E-state index contributed by atoms with van der Waals surface area (Å²) in [6.45, 7) is 2.18. The van der Waals surface area contributed by atoms with Crippen LogP contribution in [0, 0.1) is 0 Å². The number of fused-ring (bicyclic) bond motifs is 1. The number of rotatable bonds is 7. The zero-order chi connectivity index (χ0) is 21.2. The van der Waals surface area contributed by atoms with Gasteiger partial charge in [-0.25, -0.2) is 9.78 Å². The average molecular weight is 399 g/mol. The van der Waals surface area contributed by atoms with Crippen molar-refractivity contribution in [2.45, 2.75) is 25.5 Å². The smallest absolute Gasteiger partial charge is 0.332 e. The molecule has 29 heavy (non-hydrogen) atoms. The zero-order valence-corrected chi connectivity index (χ0v) is 17.0. The van der Waals surface area contributed by atoms with Gasteiger partial charge in [-0.1, -0.05) is 37.3 Å². The zero-order valence-electron chi connectivity index (χ0n) is 17.0. The highest BCUT2D eigenvalue weighted by molar-refractivity contribution is 5.79. The van der Waals surface area contributed by atoms with Crippen LogP contribution in [-0.2, 0) is 35.8 Å². The van der Waals surface area contributed by atoms with Crippen molar-refractivity contribution in [2.24, 2.45) is 14.1 Å². The fourth-order valence-corrected chi connectivity index (χ4v) is 3.48. The predicted octanol–water partition coefficient (Wildman–Crippen LogP) is 0.502. The van der Waals surface area contributed by atoms with Crippen molar-refractivity contribution < 1.29 is 9.53 Å². The number of benzene rings is 1. The van der Waals surface area contributed by atoms with Gasteiger partial charge in [0, 0.05) is 21.2 Å². The lowest BCUT2D eigenvalue weighted by Gasteiger charge is -2.32. The van der Waals surface area contributed by atoms with Gasteiger partial charge in [0.2, 0.25) is 5.91 Å².